The molecule has 0 radical (unpaired) electrons. The normalized spacial score (nSPS) is 20.2. The van der Waals surface area contributed by atoms with E-state index in [1.807, 2.05) is 6.92 Å². The maximum atomic E-state index is 13.9. The van der Waals surface area contributed by atoms with Crippen molar-refractivity contribution in [2.45, 2.75) is 83.3 Å². The van der Waals surface area contributed by atoms with Crippen molar-refractivity contribution in [2.75, 3.05) is 18.0 Å². The molecule has 0 unspecified atom stereocenters. The van der Waals surface area contributed by atoms with Crippen LogP contribution in [0, 0.1) is 11.7 Å². The van der Waals surface area contributed by atoms with Crippen molar-refractivity contribution in [2.24, 2.45) is 5.92 Å². The van der Waals surface area contributed by atoms with Crippen LogP contribution in [0.2, 0.25) is 0 Å². The van der Waals surface area contributed by atoms with Gasteiger partial charge in [-0.3, -0.25) is 4.79 Å². The first-order chi connectivity index (χ1) is 13.5. The first kappa shape index (κ1) is 21.1. The Morgan fingerprint density at radius 3 is 2.64 bits per heavy atom. The molecule has 3 rings (SSSR count). The number of hydrogen-bond donors (Lipinski definition) is 2. The summed E-state index contributed by atoms with van der Waals surface area (Å²) in [5.74, 6) is 0.560. The van der Waals surface area contributed by atoms with Crippen molar-refractivity contribution in [1.29, 1.82) is 0 Å². The van der Waals surface area contributed by atoms with Gasteiger partial charge in [-0.25, -0.2) is 4.39 Å². The molecule has 156 valence electrons. The van der Waals surface area contributed by atoms with Crippen molar-refractivity contribution >= 4 is 11.6 Å². The molecule has 1 atom stereocenters. The van der Waals surface area contributed by atoms with Crippen LogP contribution in [0.4, 0.5) is 10.1 Å². The summed E-state index contributed by atoms with van der Waals surface area (Å²) in [6.45, 7) is 3.43. The van der Waals surface area contributed by atoms with Gasteiger partial charge in [0.2, 0.25) is 5.91 Å². The molecule has 1 amide bonds. The number of rotatable bonds is 7. The lowest BCUT2D eigenvalue weighted by molar-refractivity contribution is -0.121. The van der Waals surface area contributed by atoms with Crippen LogP contribution in [-0.2, 0) is 4.79 Å². The monoisotopic (exact) mass is 390 g/mol. The number of carbonyl (C=O) groups excluding carboxylic acids is 1. The Labute approximate surface area is 168 Å². The number of hydrogen-bond acceptors (Lipinski definition) is 3. The molecule has 5 heteroatoms. The average Bonchev–Trinajstić information content (AvgIpc) is 2.69. The minimum atomic E-state index is -0.283. The molecule has 1 aliphatic heterocycles. The molecule has 2 aliphatic rings. The van der Waals surface area contributed by atoms with Crippen LogP contribution >= 0.6 is 0 Å². The lowest BCUT2D eigenvalue weighted by atomic mass is 9.86. The van der Waals surface area contributed by atoms with Crippen LogP contribution in [0.5, 0.6) is 0 Å². The van der Waals surface area contributed by atoms with Crippen LogP contribution in [0.25, 0.3) is 0 Å². The highest BCUT2D eigenvalue weighted by Gasteiger charge is 2.22. The third kappa shape index (κ3) is 5.94. The molecular formula is C23H35FN2O2. The Morgan fingerprint density at radius 1 is 1.21 bits per heavy atom. The highest BCUT2D eigenvalue weighted by Crippen LogP contribution is 2.30. The quantitative estimate of drug-likeness (QED) is 0.709. The molecule has 1 aromatic carbocycles. The van der Waals surface area contributed by atoms with Crippen LogP contribution < -0.4 is 10.2 Å². The fourth-order valence-electron chi connectivity index (χ4n) is 4.69. The molecule has 1 heterocycles. The van der Waals surface area contributed by atoms with Gasteiger partial charge in [-0.2, -0.15) is 0 Å². The molecule has 4 nitrogen and oxygen atoms in total. The largest absolute Gasteiger partial charge is 0.393 e. The summed E-state index contributed by atoms with van der Waals surface area (Å²) in [4.78, 5) is 14.6. The van der Waals surface area contributed by atoms with E-state index in [1.54, 1.807) is 6.07 Å². The predicted octanol–water partition coefficient (Wildman–Crippen LogP) is 4.71. The lowest BCUT2D eigenvalue weighted by Crippen LogP contribution is -2.37. The van der Waals surface area contributed by atoms with Gasteiger partial charge in [-0.05, 0) is 56.7 Å². The topological polar surface area (TPSA) is 52.6 Å². The van der Waals surface area contributed by atoms with Gasteiger partial charge in [0, 0.05) is 30.8 Å². The Kier molecular flexibility index (Phi) is 7.72. The number of piperidine rings is 1. The minimum absolute atomic E-state index is 0.0487. The van der Waals surface area contributed by atoms with E-state index in [4.69, 9.17) is 0 Å². The second-order valence-corrected chi connectivity index (χ2v) is 8.61. The number of carbonyl (C=O) groups is 1. The molecule has 2 N–H and O–H groups in total. The molecule has 1 aliphatic carbocycles. The van der Waals surface area contributed by atoms with E-state index in [2.05, 4.69) is 10.2 Å². The first-order valence-electron chi connectivity index (χ1n) is 11.0. The molecule has 1 aromatic rings. The maximum absolute atomic E-state index is 13.9. The summed E-state index contributed by atoms with van der Waals surface area (Å²) >= 11 is 0. The highest BCUT2D eigenvalue weighted by atomic mass is 19.1. The van der Waals surface area contributed by atoms with Crippen LogP contribution in [0.1, 0.15) is 82.7 Å². The fourth-order valence-corrected chi connectivity index (χ4v) is 4.69. The number of aliphatic hydroxyl groups excluding tert-OH is 1. The van der Waals surface area contributed by atoms with Gasteiger partial charge < -0.3 is 15.3 Å². The summed E-state index contributed by atoms with van der Waals surface area (Å²) in [5.41, 5.74) is 1.78. The van der Waals surface area contributed by atoms with Gasteiger partial charge >= 0.3 is 0 Å². The molecule has 0 aromatic heterocycles. The number of amides is 1. The maximum Gasteiger partial charge on any atom is 0.220 e. The van der Waals surface area contributed by atoms with Gasteiger partial charge in [-0.1, -0.05) is 32.1 Å². The first-order valence-corrected chi connectivity index (χ1v) is 11.0. The number of anilines is 1. The highest BCUT2D eigenvalue weighted by molar-refractivity contribution is 5.76. The zero-order valence-electron chi connectivity index (χ0n) is 17.1. The summed E-state index contributed by atoms with van der Waals surface area (Å²) < 4.78 is 13.9. The van der Waals surface area contributed by atoms with Gasteiger partial charge in [0.05, 0.1) is 12.1 Å². The molecule has 0 spiro atoms. The summed E-state index contributed by atoms with van der Waals surface area (Å²) in [6, 6.07) is 4.57. The van der Waals surface area contributed by atoms with Crippen molar-refractivity contribution in [3.05, 3.63) is 29.6 Å². The van der Waals surface area contributed by atoms with Crippen molar-refractivity contribution in [3.8, 4) is 0 Å². The third-order valence-corrected chi connectivity index (χ3v) is 6.38. The molecule has 1 saturated carbocycles. The summed E-state index contributed by atoms with van der Waals surface area (Å²) in [6.07, 6.45) is 10.5. The molecule has 28 heavy (non-hydrogen) atoms. The number of nitrogens with one attached hydrogen (secondary N) is 1. The lowest BCUT2D eigenvalue weighted by Gasteiger charge is -2.34. The number of benzene rings is 1. The zero-order chi connectivity index (χ0) is 19.9. The van der Waals surface area contributed by atoms with Gasteiger partial charge in [-0.15, -0.1) is 0 Å². The van der Waals surface area contributed by atoms with E-state index in [9.17, 15) is 14.3 Å². The second kappa shape index (κ2) is 10.2. The van der Waals surface area contributed by atoms with Crippen molar-refractivity contribution < 1.29 is 14.3 Å². The van der Waals surface area contributed by atoms with E-state index in [1.165, 1.54) is 44.2 Å². The Bertz CT molecular complexity index is 637. The standard InChI is InChI=1S/C23H35FN2O2/c1-17(25-23(28)9-5-8-18-6-3-2-4-7-18)21-16-19(24)10-11-22(21)26-14-12-20(27)13-15-26/h10-11,16-18,20,27H,2-9,12-15H2,1H3,(H,25,28)/t17-/m1/s1. The van der Waals surface area contributed by atoms with Gasteiger partial charge in [0.1, 0.15) is 5.82 Å². The molecule has 1 saturated heterocycles. The number of aliphatic hydroxyl groups is 1. The molecular weight excluding hydrogens is 355 g/mol. The average molecular weight is 391 g/mol. The van der Waals surface area contributed by atoms with Crippen LogP contribution in [0.15, 0.2) is 18.2 Å². The van der Waals surface area contributed by atoms with Crippen molar-refractivity contribution in [3.63, 3.8) is 0 Å². The predicted molar refractivity (Wildman–Crippen MR) is 111 cm³/mol. The Hall–Kier alpha value is -1.62. The minimum Gasteiger partial charge on any atom is -0.393 e. The molecule has 0 bridgehead atoms. The summed E-state index contributed by atoms with van der Waals surface area (Å²) in [7, 11) is 0. The van der Waals surface area contributed by atoms with E-state index in [0.717, 1.165) is 55.9 Å². The second-order valence-electron chi connectivity index (χ2n) is 8.61. The Balaban J connectivity index is 1.54. The van der Waals surface area contributed by atoms with E-state index in [0.29, 0.717) is 6.42 Å². The Morgan fingerprint density at radius 2 is 1.93 bits per heavy atom. The third-order valence-electron chi connectivity index (χ3n) is 6.38. The SMILES string of the molecule is C[C@@H](NC(=O)CCCC1CCCCC1)c1cc(F)ccc1N1CCC(O)CC1. The van der Waals surface area contributed by atoms with Crippen LogP contribution in [-0.4, -0.2) is 30.2 Å². The van der Waals surface area contributed by atoms with E-state index >= 15 is 0 Å². The summed E-state index contributed by atoms with van der Waals surface area (Å²) in [5, 5.41) is 12.8. The number of halogens is 1. The van der Waals surface area contributed by atoms with E-state index < -0.39 is 0 Å². The van der Waals surface area contributed by atoms with Crippen LogP contribution in [0.3, 0.4) is 0 Å². The smallest absolute Gasteiger partial charge is 0.220 e. The molecule has 2 fully saturated rings. The van der Waals surface area contributed by atoms with Crippen molar-refractivity contribution in [1.82, 2.24) is 5.32 Å². The number of nitrogens with zero attached hydrogens (tertiary/aromatic N) is 1. The zero-order valence-corrected chi connectivity index (χ0v) is 17.1. The fraction of sp³-hybridized carbons (Fsp3) is 0.696. The van der Waals surface area contributed by atoms with Gasteiger partial charge in [0.15, 0.2) is 0 Å². The van der Waals surface area contributed by atoms with E-state index in [-0.39, 0.29) is 23.9 Å². The van der Waals surface area contributed by atoms with Gasteiger partial charge in [0.25, 0.3) is 0 Å².